The second-order valence-electron chi connectivity index (χ2n) is 3.25. The lowest BCUT2D eigenvalue weighted by molar-refractivity contribution is -0.149. The fourth-order valence-corrected chi connectivity index (χ4v) is 1.85. The number of rotatable bonds is 3. The maximum Gasteiger partial charge on any atom is 0.407 e. The zero-order chi connectivity index (χ0) is 13.2. The zero-order valence-corrected chi connectivity index (χ0v) is 11.9. The molecule has 8 heteroatoms. The summed E-state index contributed by atoms with van der Waals surface area (Å²) in [6.07, 6.45) is -4.51. The minimum atomic E-state index is -4.51. The van der Waals surface area contributed by atoms with E-state index < -0.39 is 12.2 Å². The third kappa shape index (κ3) is 3.66. The summed E-state index contributed by atoms with van der Waals surface area (Å²) in [5, 5.41) is 0. The van der Waals surface area contributed by atoms with Crippen LogP contribution in [0.3, 0.4) is 0 Å². The number of ether oxygens (including phenoxy) is 2. The van der Waals surface area contributed by atoms with Crippen LogP contribution in [0.2, 0.25) is 0 Å². The number of halogens is 5. The van der Waals surface area contributed by atoms with Gasteiger partial charge in [-0.25, -0.2) is 0 Å². The molecule has 1 aromatic carbocycles. The lowest BCUT2D eigenvalue weighted by atomic mass is 10.1. The van der Waals surface area contributed by atoms with Crippen LogP contribution in [-0.2, 0) is 0 Å². The average molecular weight is 351 g/mol. The molecular formula is C10H12BrClF3NO2. The molecule has 2 N–H and O–H groups in total. The lowest BCUT2D eigenvalue weighted by Crippen LogP contribution is -2.28. The Bertz CT molecular complexity index is 415. The minimum absolute atomic E-state index is 0. The third-order valence-electron chi connectivity index (χ3n) is 2.19. The van der Waals surface area contributed by atoms with Crippen molar-refractivity contribution in [3.63, 3.8) is 0 Å². The molecule has 1 rings (SSSR count). The van der Waals surface area contributed by atoms with Gasteiger partial charge in [0.1, 0.15) is 6.04 Å². The van der Waals surface area contributed by atoms with E-state index in [1.54, 1.807) is 0 Å². The number of hydrogen-bond acceptors (Lipinski definition) is 3. The second kappa shape index (κ2) is 6.49. The van der Waals surface area contributed by atoms with E-state index in [-0.39, 0.29) is 28.2 Å². The summed E-state index contributed by atoms with van der Waals surface area (Å²) in [7, 11) is 2.74. The monoisotopic (exact) mass is 349 g/mol. The molecule has 0 heterocycles. The van der Waals surface area contributed by atoms with E-state index in [1.165, 1.54) is 26.4 Å². The van der Waals surface area contributed by atoms with Crippen molar-refractivity contribution in [1.82, 2.24) is 0 Å². The molecule has 18 heavy (non-hydrogen) atoms. The largest absolute Gasteiger partial charge is 0.493 e. The Kier molecular flexibility index (Phi) is 6.25. The standard InChI is InChI=1S/C10H11BrF3NO2.ClH/c1-16-7-3-5(9(15)10(12,13)14)6(11)4-8(7)17-2;/h3-4,9H,15H2,1-2H3;1H/t9-;/m0./s1. The lowest BCUT2D eigenvalue weighted by Gasteiger charge is -2.19. The molecule has 0 radical (unpaired) electrons. The van der Waals surface area contributed by atoms with Gasteiger partial charge in [-0.1, -0.05) is 15.9 Å². The van der Waals surface area contributed by atoms with Gasteiger partial charge >= 0.3 is 6.18 Å². The number of alkyl halides is 3. The fourth-order valence-electron chi connectivity index (χ4n) is 1.28. The quantitative estimate of drug-likeness (QED) is 0.908. The SMILES string of the molecule is COc1cc(Br)c([C@H](N)C(F)(F)F)cc1OC.Cl. The fraction of sp³-hybridized carbons (Fsp3) is 0.400. The second-order valence-corrected chi connectivity index (χ2v) is 4.10. The van der Waals surface area contributed by atoms with Crippen LogP contribution in [0.5, 0.6) is 11.5 Å². The molecule has 0 saturated carbocycles. The predicted molar refractivity (Wildman–Crippen MR) is 67.5 cm³/mol. The topological polar surface area (TPSA) is 44.5 Å². The molecule has 1 atom stereocenters. The summed E-state index contributed by atoms with van der Waals surface area (Å²) < 4.78 is 47.7. The Hall–Kier alpha value is -0.660. The van der Waals surface area contributed by atoms with Crippen molar-refractivity contribution in [2.75, 3.05) is 14.2 Å². The molecule has 104 valence electrons. The summed E-state index contributed by atoms with van der Waals surface area (Å²) in [4.78, 5) is 0. The van der Waals surface area contributed by atoms with Gasteiger partial charge in [0, 0.05) is 4.47 Å². The molecule has 0 fully saturated rings. The molecule has 0 aliphatic carbocycles. The highest BCUT2D eigenvalue weighted by Gasteiger charge is 2.39. The van der Waals surface area contributed by atoms with Crippen molar-refractivity contribution < 1.29 is 22.6 Å². The summed E-state index contributed by atoms with van der Waals surface area (Å²) in [5.74, 6) is 0.530. The first kappa shape index (κ1) is 17.3. The van der Waals surface area contributed by atoms with Gasteiger partial charge < -0.3 is 15.2 Å². The molecule has 0 amide bonds. The number of benzene rings is 1. The van der Waals surface area contributed by atoms with E-state index in [0.717, 1.165) is 0 Å². The van der Waals surface area contributed by atoms with Gasteiger partial charge in [0.25, 0.3) is 0 Å². The van der Waals surface area contributed by atoms with Gasteiger partial charge in [0.15, 0.2) is 11.5 Å². The third-order valence-corrected chi connectivity index (χ3v) is 2.88. The Morgan fingerprint density at radius 3 is 2.00 bits per heavy atom. The molecular weight excluding hydrogens is 338 g/mol. The summed E-state index contributed by atoms with van der Waals surface area (Å²) in [6.45, 7) is 0. The van der Waals surface area contributed by atoms with Crippen molar-refractivity contribution in [3.8, 4) is 11.5 Å². The smallest absolute Gasteiger partial charge is 0.407 e. The van der Waals surface area contributed by atoms with Crippen LogP contribution in [-0.4, -0.2) is 20.4 Å². The first-order chi connectivity index (χ1) is 7.81. The molecule has 0 spiro atoms. The van der Waals surface area contributed by atoms with Crippen molar-refractivity contribution in [2.24, 2.45) is 5.73 Å². The minimum Gasteiger partial charge on any atom is -0.493 e. The van der Waals surface area contributed by atoms with Gasteiger partial charge in [-0.15, -0.1) is 12.4 Å². The van der Waals surface area contributed by atoms with Gasteiger partial charge in [0.2, 0.25) is 0 Å². The summed E-state index contributed by atoms with van der Waals surface area (Å²) in [6, 6.07) is 0.526. The highest BCUT2D eigenvalue weighted by atomic mass is 79.9. The maximum absolute atomic E-state index is 12.5. The highest BCUT2D eigenvalue weighted by molar-refractivity contribution is 9.10. The number of methoxy groups -OCH3 is 2. The number of nitrogens with two attached hydrogens (primary N) is 1. The molecule has 0 aromatic heterocycles. The van der Waals surface area contributed by atoms with Crippen molar-refractivity contribution in [3.05, 3.63) is 22.2 Å². The van der Waals surface area contributed by atoms with Gasteiger partial charge in [-0.05, 0) is 17.7 Å². The van der Waals surface area contributed by atoms with Crippen LogP contribution in [0.4, 0.5) is 13.2 Å². The van der Waals surface area contributed by atoms with Crippen LogP contribution in [0.1, 0.15) is 11.6 Å². The molecule has 1 aromatic rings. The van der Waals surface area contributed by atoms with Crippen molar-refractivity contribution >= 4 is 28.3 Å². The summed E-state index contributed by atoms with van der Waals surface area (Å²) in [5.41, 5.74) is 5.03. The van der Waals surface area contributed by atoms with E-state index >= 15 is 0 Å². The normalized spacial score (nSPS) is 12.6. The van der Waals surface area contributed by atoms with E-state index in [2.05, 4.69) is 15.9 Å². The molecule has 0 unspecified atom stereocenters. The van der Waals surface area contributed by atoms with E-state index in [9.17, 15) is 13.2 Å². The molecule has 0 aliphatic heterocycles. The Labute approximate surface area is 117 Å². The Morgan fingerprint density at radius 2 is 1.61 bits per heavy atom. The van der Waals surface area contributed by atoms with Gasteiger partial charge in [-0.3, -0.25) is 0 Å². The predicted octanol–water partition coefficient (Wildman–Crippen LogP) is 3.45. The van der Waals surface area contributed by atoms with Gasteiger partial charge in [0.05, 0.1) is 14.2 Å². The zero-order valence-electron chi connectivity index (χ0n) is 9.55. The molecule has 0 saturated heterocycles. The van der Waals surface area contributed by atoms with E-state index in [1.807, 2.05) is 0 Å². The highest BCUT2D eigenvalue weighted by Crippen LogP contribution is 2.40. The number of hydrogen-bond donors (Lipinski definition) is 1. The molecule has 3 nitrogen and oxygen atoms in total. The van der Waals surface area contributed by atoms with E-state index in [4.69, 9.17) is 15.2 Å². The van der Waals surface area contributed by atoms with Crippen molar-refractivity contribution in [2.45, 2.75) is 12.2 Å². The van der Waals surface area contributed by atoms with Crippen LogP contribution in [0.15, 0.2) is 16.6 Å². The average Bonchev–Trinajstić information content (AvgIpc) is 2.26. The maximum atomic E-state index is 12.5. The van der Waals surface area contributed by atoms with Crippen molar-refractivity contribution in [1.29, 1.82) is 0 Å². The van der Waals surface area contributed by atoms with Crippen LogP contribution in [0, 0.1) is 0 Å². The summed E-state index contributed by atoms with van der Waals surface area (Å²) >= 11 is 3.03. The van der Waals surface area contributed by atoms with Crippen LogP contribution in [0.25, 0.3) is 0 Å². The van der Waals surface area contributed by atoms with E-state index in [0.29, 0.717) is 5.75 Å². The molecule has 0 aliphatic rings. The van der Waals surface area contributed by atoms with Crippen LogP contribution >= 0.6 is 28.3 Å². The van der Waals surface area contributed by atoms with Gasteiger partial charge in [-0.2, -0.15) is 13.2 Å². The Balaban J connectivity index is 0.00000289. The van der Waals surface area contributed by atoms with Crippen LogP contribution < -0.4 is 15.2 Å². The Morgan fingerprint density at radius 1 is 1.17 bits per heavy atom. The molecule has 0 bridgehead atoms. The first-order valence-electron chi connectivity index (χ1n) is 4.55. The first-order valence-corrected chi connectivity index (χ1v) is 5.34.